The van der Waals surface area contributed by atoms with Crippen molar-refractivity contribution in [1.82, 2.24) is 9.29 Å². The Hall–Kier alpha value is -2.35. The molecule has 0 aliphatic carbocycles. The summed E-state index contributed by atoms with van der Waals surface area (Å²) in [5.74, 6) is 0.112. The Morgan fingerprint density at radius 3 is 2.56 bits per heavy atom. The molecule has 0 aliphatic rings. The van der Waals surface area contributed by atoms with Crippen LogP contribution < -0.4 is 9.46 Å². The van der Waals surface area contributed by atoms with Gasteiger partial charge in [0.05, 0.1) is 23.6 Å². The topological polar surface area (TPSA) is 60.3 Å². The molecule has 0 atom stereocenters. The van der Waals surface area contributed by atoms with Crippen LogP contribution in [0.25, 0.3) is 0 Å². The van der Waals surface area contributed by atoms with Gasteiger partial charge < -0.3 is 9.30 Å². The molecule has 1 aromatic heterocycles. The van der Waals surface area contributed by atoms with Crippen molar-refractivity contribution >= 4 is 21.6 Å². The molecule has 0 saturated carbocycles. The second kappa shape index (κ2) is 8.12. The van der Waals surface area contributed by atoms with Gasteiger partial charge in [-0.3, -0.25) is 0 Å². The maximum absolute atomic E-state index is 13.0. The number of nitrogens with zero attached hydrogens (tertiary/aromatic N) is 1. The van der Waals surface area contributed by atoms with Crippen LogP contribution in [0.15, 0.2) is 65.7 Å². The molecular weight excluding hydrogens is 391 g/mol. The molecule has 0 fully saturated rings. The van der Waals surface area contributed by atoms with Gasteiger partial charge in [-0.25, -0.2) is 17.5 Å². The summed E-state index contributed by atoms with van der Waals surface area (Å²) in [4.78, 5) is 0.0601. The van der Waals surface area contributed by atoms with Gasteiger partial charge in [0, 0.05) is 18.4 Å². The maximum atomic E-state index is 13.0. The molecule has 8 heteroatoms. The average molecular weight is 409 g/mol. The van der Waals surface area contributed by atoms with Crippen LogP contribution in [-0.4, -0.2) is 20.1 Å². The molecule has 0 amide bonds. The van der Waals surface area contributed by atoms with Gasteiger partial charge in [-0.05, 0) is 48.0 Å². The molecule has 3 rings (SSSR count). The number of sulfonamides is 1. The molecule has 27 heavy (non-hydrogen) atoms. The van der Waals surface area contributed by atoms with Crippen molar-refractivity contribution in [3.05, 3.63) is 82.9 Å². The van der Waals surface area contributed by atoms with E-state index in [-0.39, 0.29) is 22.3 Å². The number of halogens is 2. The van der Waals surface area contributed by atoms with Crippen LogP contribution in [0.3, 0.4) is 0 Å². The summed E-state index contributed by atoms with van der Waals surface area (Å²) in [6, 6.07) is 14.1. The first-order valence-electron chi connectivity index (χ1n) is 8.11. The van der Waals surface area contributed by atoms with Gasteiger partial charge in [-0.15, -0.1) is 0 Å². The molecule has 0 saturated heterocycles. The summed E-state index contributed by atoms with van der Waals surface area (Å²) in [5.41, 5.74) is 1.70. The van der Waals surface area contributed by atoms with E-state index in [1.54, 1.807) is 12.1 Å². The third-order valence-electron chi connectivity index (χ3n) is 4.07. The predicted molar refractivity (Wildman–Crippen MR) is 102 cm³/mol. The van der Waals surface area contributed by atoms with E-state index in [9.17, 15) is 12.8 Å². The minimum absolute atomic E-state index is 0.0601. The summed E-state index contributed by atoms with van der Waals surface area (Å²) in [6.07, 6.45) is 1.84. The number of nitrogens with one attached hydrogen (secondary N) is 1. The molecular formula is C19H18ClFN2O3S. The van der Waals surface area contributed by atoms with E-state index >= 15 is 0 Å². The molecule has 1 N–H and O–H groups in total. The minimum Gasteiger partial charge on any atom is -0.495 e. The van der Waals surface area contributed by atoms with Crippen LogP contribution in [0.5, 0.6) is 5.75 Å². The van der Waals surface area contributed by atoms with Crippen molar-refractivity contribution < 1.29 is 17.5 Å². The van der Waals surface area contributed by atoms with E-state index in [0.717, 1.165) is 11.3 Å². The largest absolute Gasteiger partial charge is 0.495 e. The number of hydrogen-bond acceptors (Lipinski definition) is 3. The molecule has 5 nitrogen and oxygen atoms in total. The van der Waals surface area contributed by atoms with Crippen molar-refractivity contribution in [2.75, 3.05) is 7.11 Å². The highest BCUT2D eigenvalue weighted by Crippen LogP contribution is 2.26. The van der Waals surface area contributed by atoms with Gasteiger partial charge in [-0.1, -0.05) is 23.7 Å². The van der Waals surface area contributed by atoms with Crippen molar-refractivity contribution in [2.45, 2.75) is 18.0 Å². The Kier molecular flexibility index (Phi) is 5.84. The van der Waals surface area contributed by atoms with Gasteiger partial charge in [0.1, 0.15) is 11.6 Å². The Labute approximate surface area is 162 Å². The van der Waals surface area contributed by atoms with E-state index in [2.05, 4.69) is 4.72 Å². The third-order valence-corrected chi connectivity index (χ3v) is 5.76. The Balaban J connectivity index is 1.72. The third kappa shape index (κ3) is 4.68. The molecule has 3 aromatic rings. The monoisotopic (exact) mass is 408 g/mol. The van der Waals surface area contributed by atoms with E-state index in [1.165, 1.54) is 37.4 Å². The first-order chi connectivity index (χ1) is 12.9. The van der Waals surface area contributed by atoms with Crippen LogP contribution in [0.2, 0.25) is 5.02 Å². The number of aromatic nitrogens is 1. The van der Waals surface area contributed by atoms with Crippen LogP contribution in [0, 0.1) is 5.82 Å². The smallest absolute Gasteiger partial charge is 0.240 e. The van der Waals surface area contributed by atoms with Gasteiger partial charge in [0.2, 0.25) is 10.0 Å². The zero-order valence-corrected chi connectivity index (χ0v) is 16.1. The van der Waals surface area contributed by atoms with E-state index in [0.29, 0.717) is 12.3 Å². The van der Waals surface area contributed by atoms with Crippen molar-refractivity contribution in [2.24, 2.45) is 0 Å². The predicted octanol–water partition coefficient (Wildman–Crippen LogP) is 3.82. The Morgan fingerprint density at radius 1 is 1.15 bits per heavy atom. The van der Waals surface area contributed by atoms with Crippen molar-refractivity contribution in [1.29, 1.82) is 0 Å². The molecule has 2 aromatic carbocycles. The molecule has 0 unspecified atom stereocenters. The fourth-order valence-corrected chi connectivity index (χ4v) is 3.96. The maximum Gasteiger partial charge on any atom is 0.240 e. The second-order valence-corrected chi connectivity index (χ2v) is 8.05. The van der Waals surface area contributed by atoms with Crippen LogP contribution in [0.1, 0.15) is 11.3 Å². The number of methoxy groups -OCH3 is 1. The number of rotatable bonds is 7. The quantitative estimate of drug-likeness (QED) is 0.646. The zero-order chi connectivity index (χ0) is 19.4. The summed E-state index contributed by atoms with van der Waals surface area (Å²) >= 11 is 6.01. The summed E-state index contributed by atoms with van der Waals surface area (Å²) in [6.45, 7) is 0.624. The normalized spacial score (nSPS) is 11.5. The fraction of sp³-hybridized carbons (Fsp3) is 0.158. The fourth-order valence-electron chi connectivity index (χ4n) is 2.62. The lowest BCUT2D eigenvalue weighted by molar-refractivity contribution is 0.414. The standard InChI is InChI=1S/C19H18ClFN2O3S/c1-26-19-9-8-17(11-18(19)20)27(24,25)22-12-16-3-2-10-23(16)13-14-4-6-15(21)7-5-14/h2-11,22H,12-13H2,1H3. The SMILES string of the molecule is COc1ccc(S(=O)(=O)NCc2cccn2Cc2ccc(F)cc2)cc1Cl. The van der Waals surface area contributed by atoms with Crippen molar-refractivity contribution in [3.8, 4) is 5.75 Å². The second-order valence-electron chi connectivity index (χ2n) is 5.87. The highest BCUT2D eigenvalue weighted by atomic mass is 35.5. The van der Waals surface area contributed by atoms with Gasteiger partial charge in [-0.2, -0.15) is 0 Å². The highest BCUT2D eigenvalue weighted by molar-refractivity contribution is 7.89. The Morgan fingerprint density at radius 2 is 1.89 bits per heavy atom. The van der Waals surface area contributed by atoms with Gasteiger partial charge in [0.15, 0.2) is 0 Å². The van der Waals surface area contributed by atoms with Crippen LogP contribution in [-0.2, 0) is 23.1 Å². The molecule has 0 spiro atoms. The molecule has 0 radical (unpaired) electrons. The number of ether oxygens (including phenoxy) is 1. The van der Waals surface area contributed by atoms with E-state index in [4.69, 9.17) is 16.3 Å². The molecule has 0 bridgehead atoms. The Bertz CT molecular complexity index is 1030. The minimum atomic E-state index is -3.73. The summed E-state index contributed by atoms with van der Waals surface area (Å²) in [7, 11) is -2.27. The lowest BCUT2D eigenvalue weighted by Gasteiger charge is -2.12. The van der Waals surface area contributed by atoms with Crippen LogP contribution in [0.4, 0.5) is 4.39 Å². The van der Waals surface area contributed by atoms with E-state index < -0.39 is 10.0 Å². The summed E-state index contributed by atoms with van der Waals surface area (Å²) in [5, 5.41) is 0.222. The molecule has 0 aliphatic heterocycles. The molecule has 142 valence electrons. The number of benzene rings is 2. The first-order valence-corrected chi connectivity index (χ1v) is 9.97. The number of hydrogen-bond donors (Lipinski definition) is 1. The summed E-state index contributed by atoms with van der Waals surface area (Å²) < 4.78 is 47.6. The van der Waals surface area contributed by atoms with Gasteiger partial charge >= 0.3 is 0 Å². The lowest BCUT2D eigenvalue weighted by Crippen LogP contribution is -2.24. The highest BCUT2D eigenvalue weighted by Gasteiger charge is 2.16. The first kappa shape index (κ1) is 19.4. The average Bonchev–Trinajstić information content (AvgIpc) is 3.09. The van der Waals surface area contributed by atoms with Gasteiger partial charge in [0.25, 0.3) is 0 Å². The van der Waals surface area contributed by atoms with E-state index in [1.807, 2.05) is 22.9 Å². The molecule has 1 heterocycles. The lowest BCUT2D eigenvalue weighted by atomic mass is 10.2. The van der Waals surface area contributed by atoms with Crippen LogP contribution >= 0.6 is 11.6 Å². The zero-order valence-electron chi connectivity index (χ0n) is 14.5. The van der Waals surface area contributed by atoms with Crippen molar-refractivity contribution in [3.63, 3.8) is 0 Å².